The van der Waals surface area contributed by atoms with Gasteiger partial charge in [-0.25, -0.2) is 87.8 Å². The summed E-state index contributed by atoms with van der Waals surface area (Å²) in [4.78, 5) is 16.4. The van der Waals surface area contributed by atoms with E-state index >= 15 is 35.1 Å². The van der Waals surface area contributed by atoms with E-state index < -0.39 is 155 Å². The van der Waals surface area contributed by atoms with Crippen molar-refractivity contribution in [3.8, 4) is 0 Å². The number of Topliss-reactive ketones (excluding diaryl/α,β-unsaturated/α-hetero) is 1. The number of hydrogen-bond acceptors (Lipinski definition) is 1. The third-order valence-corrected chi connectivity index (χ3v) is 17.9. The standard InChI is InChI=1S/C40H25OS.C24BF20/c41-34(25-6-2-1-3-7-25)24-42(35-22-18-30-14-12-26-8-4-10-28-16-20-32(35)39(30)37(26)28)36-23-19-31-15-13-27-9-5-11-29-17-21-33(36)40(31)38(27)29;26-5-1(6(27)14(35)21(42)13(5)34)25(2-7(28)15(36)22(43)16(37)8(2)29,3-9(30)17(38)23(44)18(39)10(3)31)4-11(32)19(40)24(45)20(41)12(4)33/h1-23H,24H2;/q+1;-1. The lowest BCUT2D eigenvalue weighted by atomic mass is 9.12. The van der Waals surface area contributed by atoms with Gasteiger partial charge >= 0.3 is 0 Å². The Kier molecular flexibility index (Phi) is 14.2. The maximum atomic E-state index is 15.4. The van der Waals surface area contributed by atoms with Crippen molar-refractivity contribution in [1.29, 1.82) is 0 Å². The molecule has 436 valence electrons. The lowest BCUT2D eigenvalue weighted by Gasteiger charge is -2.44. The third kappa shape index (κ3) is 8.46. The molecule has 0 saturated heterocycles. The minimum atomic E-state index is -7.22. The van der Waals surface area contributed by atoms with Crippen LogP contribution < -0.4 is 21.9 Å². The van der Waals surface area contributed by atoms with Crippen LogP contribution in [0.25, 0.3) is 64.6 Å². The minimum Gasteiger partial charge on any atom is -0.289 e. The smallest absolute Gasteiger partial charge is 0.212 e. The van der Waals surface area contributed by atoms with E-state index in [1.54, 1.807) is 0 Å². The predicted octanol–water partition coefficient (Wildman–Crippen LogP) is 16.2. The quantitative estimate of drug-likeness (QED) is 0.0268. The van der Waals surface area contributed by atoms with Crippen molar-refractivity contribution in [3.05, 3.63) is 261 Å². The Balaban J connectivity index is 0.000000170. The van der Waals surface area contributed by atoms with Crippen LogP contribution in [-0.2, 0) is 10.9 Å². The van der Waals surface area contributed by atoms with Crippen molar-refractivity contribution in [2.24, 2.45) is 0 Å². The van der Waals surface area contributed by atoms with Crippen LogP contribution in [0.1, 0.15) is 10.4 Å². The van der Waals surface area contributed by atoms with Gasteiger partial charge in [0, 0.05) is 27.1 Å². The monoisotopic (exact) mass is 1230 g/mol. The van der Waals surface area contributed by atoms with Crippen molar-refractivity contribution in [1.82, 2.24) is 0 Å². The highest BCUT2D eigenvalue weighted by Gasteiger charge is 2.52. The largest absolute Gasteiger partial charge is 0.289 e. The maximum Gasteiger partial charge on any atom is 0.212 e. The zero-order chi connectivity index (χ0) is 62.1. The van der Waals surface area contributed by atoms with Crippen LogP contribution in [0.3, 0.4) is 0 Å². The van der Waals surface area contributed by atoms with Crippen molar-refractivity contribution in [3.63, 3.8) is 0 Å². The highest BCUT2D eigenvalue weighted by atomic mass is 32.2. The summed E-state index contributed by atoms with van der Waals surface area (Å²) >= 11 is 0. The van der Waals surface area contributed by atoms with E-state index in [0.29, 0.717) is 5.75 Å². The normalized spacial score (nSPS) is 12.1. The SMILES string of the molecule is Fc1c(F)c(F)c([B-](c2c(F)c(F)c(F)c(F)c2F)(c2c(F)c(F)c(F)c(F)c2F)c2c(F)c(F)c(F)c(F)c2F)c(F)c1F.O=C(C[S+](c1ccc2ccc3cccc4ccc1c2c34)c1ccc2ccc3cccc4ccc1c2c34)c1ccccc1. The molecule has 0 unspecified atom stereocenters. The van der Waals surface area contributed by atoms with Crippen molar-refractivity contribution < 1.29 is 92.6 Å². The molecule has 1 nitrogen and oxygen atoms in total. The number of ketones is 1. The first-order valence-corrected chi connectivity index (χ1v) is 26.7. The number of carbonyl (C=O) groups is 1. The summed E-state index contributed by atoms with van der Waals surface area (Å²) in [5, 5.41) is 15.2. The van der Waals surface area contributed by atoms with Crippen LogP contribution in [0, 0.1) is 116 Å². The van der Waals surface area contributed by atoms with Crippen molar-refractivity contribution in [2.45, 2.75) is 9.79 Å². The van der Waals surface area contributed by atoms with Gasteiger partial charge < -0.3 is 0 Å². The van der Waals surface area contributed by atoms with Crippen LogP contribution in [0.4, 0.5) is 87.8 Å². The van der Waals surface area contributed by atoms with E-state index in [1.807, 2.05) is 30.3 Å². The molecule has 0 radical (unpaired) electrons. The molecule has 0 atom stereocenters. The topological polar surface area (TPSA) is 17.1 Å². The molecule has 0 spiro atoms. The average Bonchev–Trinajstić information content (AvgIpc) is 0.719. The number of carbonyl (C=O) groups excluding carboxylic acids is 1. The molecule has 13 rings (SSSR count). The van der Waals surface area contributed by atoms with Gasteiger partial charge in [-0.3, -0.25) is 4.79 Å². The fraction of sp³-hybridized carbons (Fsp3) is 0.0156. The molecule has 23 heteroatoms. The second kappa shape index (κ2) is 21.2. The van der Waals surface area contributed by atoms with E-state index in [9.17, 15) is 57.5 Å². The zero-order valence-corrected chi connectivity index (χ0v) is 43.8. The van der Waals surface area contributed by atoms with Gasteiger partial charge in [-0.1, -0.05) is 103 Å². The molecule has 0 saturated carbocycles. The molecule has 0 aliphatic carbocycles. The van der Waals surface area contributed by atoms with Crippen LogP contribution in [-0.4, -0.2) is 17.7 Å². The molecule has 0 aromatic heterocycles. The summed E-state index contributed by atoms with van der Waals surface area (Å²) in [5.41, 5.74) is -13.6. The first-order chi connectivity index (χ1) is 41.4. The molecule has 13 aromatic rings. The average molecular weight is 1230 g/mol. The molecule has 0 amide bonds. The Bertz CT molecular complexity index is 4500. The second-order valence-corrected chi connectivity index (χ2v) is 21.9. The van der Waals surface area contributed by atoms with E-state index in [0.717, 1.165) is 5.56 Å². The third-order valence-electron chi connectivity index (χ3n) is 15.6. The second-order valence-electron chi connectivity index (χ2n) is 20.0. The van der Waals surface area contributed by atoms with Gasteiger partial charge in [0.05, 0.1) is 10.9 Å². The fourth-order valence-electron chi connectivity index (χ4n) is 11.8. The molecule has 87 heavy (non-hydrogen) atoms. The van der Waals surface area contributed by atoms with Crippen LogP contribution in [0.5, 0.6) is 0 Å². The number of benzene rings is 13. The van der Waals surface area contributed by atoms with Gasteiger partial charge in [0.15, 0.2) is 85.4 Å². The van der Waals surface area contributed by atoms with Crippen LogP contribution >= 0.6 is 0 Å². The summed E-state index contributed by atoms with van der Waals surface area (Å²) in [7, 11) is -0.496. The molecule has 0 aliphatic rings. The Morgan fingerprint density at radius 1 is 0.264 bits per heavy atom. The first kappa shape index (κ1) is 58.0. The molecule has 0 fully saturated rings. The highest BCUT2D eigenvalue weighted by Crippen LogP contribution is 2.44. The maximum absolute atomic E-state index is 15.4. The zero-order valence-electron chi connectivity index (χ0n) is 42.9. The van der Waals surface area contributed by atoms with E-state index in [-0.39, 0.29) is 5.78 Å². The predicted molar refractivity (Wildman–Crippen MR) is 289 cm³/mol. The lowest BCUT2D eigenvalue weighted by molar-refractivity contribution is 0.102. The van der Waals surface area contributed by atoms with Crippen LogP contribution in [0.15, 0.2) is 149 Å². The first-order valence-electron chi connectivity index (χ1n) is 25.3. The molecule has 0 aliphatic heterocycles. The lowest BCUT2D eigenvalue weighted by Crippen LogP contribution is -2.81. The molecule has 0 heterocycles. The molecular formula is C64H25BF20OS. The van der Waals surface area contributed by atoms with Gasteiger partial charge in [-0.05, 0) is 79.5 Å². The summed E-state index contributed by atoms with van der Waals surface area (Å²) in [6.45, 7) is 0. The Morgan fingerprint density at radius 2 is 0.506 bits per heavy atom. The molecule has 13 aromatic carbocycles. The van der Waals surface area contributed by atoms with E-state index in [4.69, 9.17) is 0 Å². The fourth-order valence-corrected chi connectivity index (χ4v) is 14.1. The van der Waals surface area contributed by atoms with Gasteiger partial charge in [-0.15, -0.1) is 21.9 Å². The molecule has 0 N–H and O–H groups in total. The summed E-state index contributed by atoms with van der Waals surface area (Å²) in [6.07, 6.45) is -7.22. The summed E-state index contributed by atoms with van der Waals surface area (Å²) in [5.74, 6) is -70.8. The van der Waals surface area contributed by atoms with E-state index in [2.05, 4.69) is 109 Å². The van der Waals surface area contributed by atoms with Gasteiger partial charge in [0.1, 0.15) is 52.7 Å². The number of rotatable bonds is 9. The van der Waals surface area contributed by atoms with Gasteiger partial charge in [0.2, 0.25) is 5.78 Å². The Hall–Kier alpha value is -9.38. The highest BCUT2D eigenvalue weighted by molar-refractivity contribution is 7.98. The Labute approximate surface area is 477 Å². The summed E-state index contributed by atoms with van der Waals surface area (Å²) < 4.78 is 294. The van der Waals surface area contributed by atoms with E-state index in [1.165, 1.54) is 74.4 Å². The number of halogens is 20. The van der Waals surface area contributed by atoms with Crippen molar-refractivity contribution >= 4 is 109 Å². The van der Waals surface area contributed by atoms with Crippen LogP contribution in [0.2, 0.25) is 0 Å². The minimum absolute atomic E-state index is 0.176. The van der Waals surface area contributed by atoms with Gasteiger partial charge in [-0.2, -0.15) is 0 Å². The Morgan fingerprint density at radius 3 is 0.793 bits per heavy atom. The number of hydrogen-bond donors (Lipinski definition) is 0. The molecule has 0 bridgehead atoms. The summed E-state index contributed by atoms with van der Waals surface area (Å²) in [6, 6.07) is 49.9. The van der Waals surface area contributed by atoms with Crippen molar-refractivity contribution in [2.75, 3.05) is 5.75 Å². The molecular weight excluding hydrogens is 1210 g/mol. The van der Waals surface area contributed by atoms with Gasteiger partial charge in [0.25, 0.3) is 0 Å².